The molecule has 30 heavy (non-hydrogen) atoms. The second-order valence-corrected chi connectivity index (χ2v) is 7.45. The van der Waals surface area contributed by atoms with E-state index in [2.05, 4.69) is 0 Å². The lowest BCUT2D eigenvalue weighted by Gasteiger charge is -2.17. The zero-order valence-corrected chi connectivity index (χ0v) is 17.4. The van der Waals surface area contributed by atoms with Crippen LogP contribution in [0, 0.1) is 0 Å². The van der Waals surface area contributed by atoms with Crippen LogP contribution in [0.15, 0.2) is 84.9 Å². The van der Waals surface area contributed by atoms with Crippen molar-refractivity contribution in [2.24, 2.45) is 0 Å². The molecular formula is C26H21ClO3. The molecule has 3 nitrogen and oxygen atoms in total. The van der Waals surface area contributed by atoms with Gasteiger partial charge in [0.15, 0.2) is 0 Å². The van der Waals surface area contributed by atoms with Gasteiger partial charge in [-0.1, -0.05) is 84.4 Å². The topological polar surface area (TPSA) is 35.5 Å². The van der Waals surface area contributed by atoms with E-state index in [-0.39, 0.29) is 5.97 Å². The number of halogens is 1. The minimum Gasteiger partial charge on any atom is -0.488 e. The van der Waals surface area contributed by atoms with Crippen LogP contribution < -0.4 is 9.47 Å². The Balaban J connectivity index is 1.81. The maximum absolute atomic E-state index is 11.8. The number of esters is 1. The van der Waals surface area contributed by atoms with E-state index < -0.39 is 0 Å². The van der Waals surface area contributed by atoms with Crippen LogP contribution in [-0.2, 0) is 17.8 Å². The summed E-state index contributed by atoms with van der Waals surface area (Å²) in [5.74, 6) is 0.927. The molecule has 4 aromatic rings. The van der Waals surface area contributed by atoms with Crippen LogP contribution in [-0.4, -0.2) is 5.97 Å². The number of carbonyl (C=O) groups excluding carboxylic acids is 1. The summed E-state index contributed by atoms with van der Waals surface area (Å²) in [6.07, 6.45) is 0.523. The summed E-state index contributed by atoms with van der Waals surface area (Å²) in [6.45, 7) is 1.86. The average molecular weight is 417 g/mol. The van der Waals surface area contributed by atoms with E-state index in [0.29, 0.717) is 23.8 Å². The first-order valence-electron chi connectivity index (χ1n) is 9.75. The van der Waals surface area contributed by atoms with Crippen LogP contribution >= 0.6 is 11.6 Å². The van der Waals surface area contributed by atoms with Crippen molar-refractivity contribution < 1.29 is 14.3 Å². The molecule has 0 unspecified atom stereocenters. The van der Waals surface area contributed by atoms with Crippen molar-refractivity contribution in [2.75, 3.05) is 0 Å². The van der Waals surface area contributed by atoms with E-state index in [4.69, 9.17) is 21.1 Å². The predicted molar refractivity (Wildman–Crippen MR) is 120 cm³/mol. The van der Waals surface area contributed by atoms with Crippen LogP contribution in [0.4, 0.5) is 0 Å². The number of carbonyl (C=O) groups is 1. The highest BCUT2D eigenvalue weighted by Gasteiger charge is 2.17. The van der Waals surface area contributed by atoms with Gasteiger partial charge in [0.2, 0.25) is 0 Å². The SMILES string of the molecule is CC(=O)Oc1c(Cc2ccccc2Cl)cc(OCc2ccccc2)c2ccccc12. The summed E-state index contributed by atoms with van der Waals surface area (Å²) in [4.78, 5) is 11.8. The smallest absolute Gasteiger partial charge is 0.308 e. The summed E-state index contributed by atoms with van der Waals surface area (Å²) < 4.78 is 11.9. The van der Waals surface area contributed by atoms with Crippen molar-refractivity contribution in [1.82, 2.24) is 0 Å². The molecule has 4 heteroatoms. The lowest BCUT2D eigenvalue weighted by atomic mass is 9.98. The lowest BCUT2D eigenvalue weighted by molar-refractivity contribution is -0.131. The van der Waals surface area contributed by atoms with Gasteiger partial charge in [-0.15, -0.1) is 0 Å². The Morgan fingerprint density at radius 2 is 1.50 bits per heavy atom. The molecule has 0 aliphatic heterocycles. The highest BCUT2D eigenvalue weighted by molar-refractivity contribution is 6.31. The maximum Gasteiger partial charge on any atom is 0.308 e. The molecule has 0 bridgehead atoms. The van der Waals surface area contributed by atoms with E-state index in [9.17, 15) is 4.79 Å². The average Bonchev–Trinajstić information content (AvgIpc) is 2.76. The molecule has 0 N–H and O–H groups in total. The third-order valence-corrected chi connectivity index (χ3v) is 5.22. The second kappa shape index (κ2) is 9.02. The molecule has 4 rings (SSSR count). The first-order valence-corrected chi connectivity index (χ1v) is 10.1. The fourth-order valence-electron chi connectivity index (χ4n) is 3.47. The standard InChI is InChI=1S/C26H21ClO3/c1-18(28)30-26-21(15-20-11-5-8-14-24(20)27)16-25(22-12-6-7-13-23(22)26)29-17-19-9-3-2-4-10-19/h2-14,16H,15,17H2,1H3. The van der Waals surface area contributed by atoms with Gasteiger partial charge >= 0.3 is 5.97 Å². The van der Waals surface area contributed by atoms with Crippen molar-refractivity contribution in [3.8, 4) is 11.5 Å². The number of rotatable bonds is 6. The summed E-state index contributed by atoms with van der Waals surface area (Å²) in [5, 5.41) is 2.40. The molecule has 0 amide bonds. The van der Waals surface area contributed by atoms with Crippen molar-refractivity contribution in [3.63, 3.8) is 0 Å². The van der Waals surface area contributed by atoms with Crippen LogP contribution in [0.25, 0.3) is 10.8 Å². The second-order valence-electron chi connectivity index (χ2n) is 7.04. The Morgan fingerprint density at radius 1 is 0.833 bits per heavy atom. The van der Waals surface area contributed by atoms with Gasteiger partial charge in [0.05, 0.1) is 0 Å². The van der Waals surface area contributed by atoms with Gasteiger partial charge in [-0.25, -0.2) is 0 Å². The molecule has 0 atom stereocenters. The fraction of sp³-hybridized carbons (Fsp3) is 0.115. The normalized spacial score (nSPS) is 10.7. The van der Waals surface area contributed by atoms with Gasteiger partial charge in [-0.05, 0) is 23.3 Å². The summed E-state index contributed by atoms with van der Waals surface area (Å²) in [5.41, 5.74) is 2.88. The van der Waals surface area contributed by atoms with Crippen molar-refractivity contribution in [2.45, 2.75) is 20.0 Å². The maximum atomic E-state index is 11.8. The monoisotopic (exact) mass is 416 g/mol. The zero-order valence-electron chi connectivity index (χ0n) is 16.6. The third-order valence-electron chi connectivity index (χ3n) is 4.86. The van der Waals surface area contributed by atoms with Crippen LogP contribution in [0.5, 0.6) is 11.5 Å². The molecule has 0 radical (unpaired) electrons. The predicted octanol–water partition coefficient (Wildman–Crippen LogP) is 6.59. The largest absolute Gasteiger partial charge is 0.488 e. The Labute approximate surface area is 180 Å². The van der Waals surface area contributed by atoms with Crippen LogP contribution in [0.2, 0.25) is 5.02 Å². The Kier molecular flexibility index (Phi) is 6.01. The molecule has 150 valence electrons. The summed E-state index contributed by atoms with van der Waals surface area (Å²) in [6, 6.07) is 27.4. The molecule has 0 aliphatic carbocycles. The van der Waals surface area contributed by atoms with E-state index >= 15 is 0 Å². The lowest BCUT2D eigenvalue weighted by Crippen LogP contribution is -2.06. The third kappa shape index (κ3) is 4.47. The Morgan fingerprint density at radius 3 is 2.23 bits per heavy atom. The highest BCUT2D eigenvalue weighted by atomic mass is 35.5. The van der Waals surface area contributed by atoms with Crippen LogP contribution in [0.1, 0.15) is 23.6 Å². The molecule has 4 aromatic carbocycles. The molecule has 0 saturated carbocycles. The van der Waals surface area contributed by atoms with E-state index in [1.807, 2.05) is 84.9 Å². The fourth-order valence-corrected chi connectivity index (χ4v) is 3.67. The van der Waals surface area contributed by atoms with Crippen LogP contribution in [0.3, 0.4) is 0 Å². The van der Waals surface area contributed by atoms with Gasteiger partial charge in [-0.2, -0.15) is 0 Å². The van der Waals surface area contributed by atoms with E-state index in [1.54, 1.807) is 0 Å². The minimum absolute atomic E-state index is 0.362. The molecule has 0 aromatic heterocycles. The molecule has 0 heterocycles. The first kappa shape index (κ1) is 20.0. The Hall–Kier alpha value is -3.30. The van der Waals surface area contributed by atoms with Gasteiger partial charge < -0.3 is 9.47 Å². The number of benzene rings is 4. The van der Waals surface area contributed by atoms with Crippen molar-refractivity contribution >= 4 is 28.3 Å². The summed E-state index contributed by atoms with van der Waals surface area (Å²) in [7, 11) is 0. The van der Waals surface area contributed by atoms with E-state index in [0.717, 1.165) is 33.2 Å². The summed E-state index contributed by atoms with van der Waals surface area (Å²) >= 11 is 6.39. The number of ether oxygens (including phenoxy) is 2. The Bertz CT molecular complexity index is 1190. The van der Waals surface area contributed by atoms with Gasteiger partial charge in [0, 0.05) is 34.7 Å². The molecule has 0 aliphatic rings. The number of hydrogen-bond donors (Lipinski definition) is 0. The highest BCUT2D eigenvalue weighted by Crippen LogP contribution is 2.39. The minimum atomic E-state index is -0.362. The molecule has 0 fully saturated rings. The molecule has 0 spiro atoms. The zero-order chi connectivity index (χ0) is 20.9. The van der Waals surface area contributed by atoms with Crippen molar-refractivity contribution in [3.05, 3.63) is 107 Å². The molecule has 0 saturated heterocycles. The number of fused-ring (bicyclic) bond motifs is 1. The van der Waals surface area contributed by atoms with Gasteiger partial charge in [0.25, 0.3) is 0 Å². The van der Waals surface area contributed by atoms with E-state index in [1.165, 1.54) is 6.92 Å². The van der Waals surface area contributed by atoms with Crippen molar-refractivity contribution in [1.29, 1.82) is 0 Å². The van der Waals surface area contributed by atoms with Gasteiger partial charge in [-0.3, -0.25) is 4.79 Å². The quantitative estimate of drug-likeness (QED) is 0.263. The molecular weight excluding hydrogens is 396 g/mol. The first-order chi connectivity index (χ1) is 14.6. The number of hydrogen-bond acceptors (Lipinski definition) is 3. The van der Waals surface area contributed by atoms with Gasteiger partial charge in [0.1, 0.15) is 18.1 Å².